The minimum Gasteiger partial charge on any atom is -0.353 e. The molecule has 0 aromatic carbocycles. The van der Waals surface area contributed by atoms with Crippen LogP contribution in [-0.2, 0) is 5.88 Å². The SMILES string of the molecule is Cc1cc(C)c(CCl)c(N2CCCC(C)C2C)n1. The molecule has 100 valence electrons. The summed E-state index contributed by atoms with van der Waals surface area (Å²) in [7, 11) is 0. The Labute approximate surface area is 115 Å². The van der Waals surface area contributed by atoms with E-state index in [0.717, 1.165) is 24.0 Å². The van der Waals surface area contributed by atoms with Gasteiger partial charge in [0.1, 0.15) is 5.82 Å². The van der Waals surface area contributed by atoms with Crippen LogP contribution in [0.25, 0.3) is 0 Å². The van der Waals surface area contributed by atoms with Crippen molar-refractivity contribution in [1.29, 1.82) is 0 Å². The number of anilines is 1. The molecule has 3 heteroatoms. The monoisotopic (exact) mass is 266 g/mol. The first-order valence-electron chi connectivity index (χ1n) is 6.84. The second-order valence-corrected chi connectivity index (χ2v) is 5.84. The molecule has 0 radical (unpaired) electrons. The van der Waals surface area contributed by atoms with Crippen LogP contribution in [-0.4, -0.2) is 17.6 Å². The predicted molar refractivity (Wildman–Crippen MR) is 78.5 cm³/mol. The molecule has 0 amide bonds. The lowest BCUT2D eigenvalue weighted by atomic mass is 9.91. The normalized spacial score (nSPS) is 24.4. The Morgan fingerprint density at radius 1 is 1.39 bits per heavy atom. The van der Waals surface area contributed by atoms with Crippen molar-refractivity contribution in [3.05, 3.63) is 22.9 Å². The molecule has 1 aliphatic rings. The molecule has 0 spiro atoms. The lowest BCUT2D eigenvalue weighted by Gasteiger charge is -2.40. The van der Waals surface area contributed by atoms with Gasteiger partial charge in [-0.3, -0.25) is 0 Å². The number of alkyl halides is 1. The molecule has 0 aliphatic carbocycles. The van der Waals surface area contributed by atoms with Crippen molar-refractivity contribution in [2.45, 2.75) is 52.5 Å². The van der Waals surface area contributed by atoms with Gasteiger partial charge in [0.05, 0.1) is 5.88 Å². The number of hydrogen-bond donors (Lipinski definition) is 0. The van der Waals surface area contributed by atoms with Crippen LogP contribution in [0.4, 0.5) is 5.82 Å². The maximum atomic E-state index is 6.13. The van der Waals surface area contributed by atoms with E-state index in [4.69, 9.17) is 16.6 Å². The van der Waals surface area contributed by atoms with E-state index in [2.05, 4.69) is 38.7 Å². The number of aryl methyl sites for hydroxylation is 2. The minimum absolute atomic E-state index is 0.548. The standard InChI is InChI=1S/C15H23ClN2/c1-10-6-5-7-18(13(10)4)15-14(9-16)11(2)8-12(3)17-15/h8,10,13H,5-7,9H2,1-4H3. The summed E-state index contributed by atoms with van der Waals surface area (Å²) in [6, 6.07) is 2.67. The van der Waals surface area contributed by atoms with Gasteiger partial charge in [-0.1, -0.05) is 6.92 Å². The predicted octanol–water partition coefficient (Wildman–Crippen LogP) is 4.06. The number of aromatic nitrogens is 1. The lowest BCUT2D eigenvalue weighted by molar-refractivity contribution is 0.361. The molecule has 2 unspecified atom stereocenters. The van der Waals surface area contributed by atoms with E-state index in [1.54, 1.807) is 0 Å². The topological polar surface area (TPSA) is 16.1 Å². The maximum absolute atomic E-state index is 6.13. The fourth-order valence-corrected chi connectivity index (χ4v) is 3.21. The number of nitrogens with zero attached hydrogens (tertiary/aromatic N) is 2. The molecule has 2 rings (SSSR count). The highest BCUT2D eigenvalue weighted by molar-refractivity contribution is 6.17. The van der Waals surface area contributed by atoms with Gasteiger partial charge in [-0.2, -0.15) is 0 Å². The molecular weight excluding hydrogens is 244 g/mol. The van der Waals surface area contributed by atoms with E-state index < -0.39 is 0 Å². The summed E-state index contributed by atoms with van der Waals surface area (Å²) < 4.78 is 0. The van der Waals surface area contributed by atoms with Gasteiger partial charge in [-0.15, -0.1) is 11.6 Å². The van der Waals surface area contributed by atoms with Gasteiger partial charge < -0.3 is 4.90 Å². The highest BCUT2D eigenvalue weighted by atomic mass is 35.5. The van der Waals surface area contributed by atoms with Crippen LogP contribution in [0, 0.1) is 19.8 Å². The summed E-state index contributed by atoms with van der Waals surface area (Å²) in [6.07, 6.45) is 2.57. The van der Waals surface area contributed by atoms with Gasteiger partial charge in [-0.05, 0) is 51.2 Å². The van der Waals surface area contributed by atoms with Crippen molar-refractivity contribution < 1.29 is 0 Å². The number of rotatable bonds is 2. The molecule has 0 saturated carbocycles. The van der Waals surface area contributed by atoms with Gasteiger partial charge in [0.2, 0.25) is 0 Å². The molecule has 1 aliphatic heterocycles. The first-order valence-corrected chi connectivity index (χ1v) is 7.37. The molecule has 1 aromatic rings. The molecule has 18 heavy (non-hydrogen) atoms. The first kappa shape index (κ1) is 13.7. The van der Waals surface area contributed by atoms with Crippen LogP contribution in [0.5, 0.6) is 0 Å². The Morgan fingerprint density at radius 2 is 2.11 bits per heavy atom. The average Bonchev–Trinajstić information content (AvgIpc) is 2.32. The minimum atomic E-state index is 0.548. The summed E-state index contributed by atoms with van der Waals surface area (Å²) in [4.78, 5) is 7.21. The van der Waals surface area contributed by atoms with E-state index in [0.29, 0.717) is 11.9 Å². The van der Waals surface area contributed by atoms with Crippen LogP contribution < -0.4 is 4.90 Å². The smallest absolute Gasteiger partial charge is 0.133 e. The first-order chi connectivity index (χ1) is 8.54. The fraction of sp³-hybridized carbons (Fsp3) is 0.667. The zero-order valence-electron chi connectivity index (χ0n) is 11.8. The van der Waals surface area contributed by atoms with E-state index in [1.165, 1.54) is 24.0 Å². The zero-order valence-corrected chi connectivity index (χ0v) is 12.6. The summed E-state index contributed by atoms with van der Waals surface area (Å²) in [5, 5.41) is 0. The summed E-state index contributed by atoms with van der Waals surface area (Å²) in [5.74, 6) is 2.39. The van der Waals surface area contributed by atoms with Crippen LogP contribution in [0.1, 0.15) is 43.5 Å². The average molecular weight is 267 g/mol. The quantitative estimate of drug-likeness (QED) is 0.751. The van der Waals surface area contributed by atoms with Crippen molar-refractivity contribution >= 4 is 17.4 Å². The molecule has 2 atom stereocenters. The van der Waals surface area contributed by atoms with Gasteiger partial charge in [0.25, 0.3) is 0 Å². The van der Waals surface area contributed by atoms with Crippen molar-refractivity contribution in [1.82, 2.24) is 4.98 Å². The summed E-state index contributed by atoms with van der Waals surface area (Å²) in [5.41, 5.74) is 3.54. The fourth-order valence-electron chi connectivity index (χ4n) is 2.88. The van der Waals surface area contributed by atoms with Gasteiger partial charge in [0, 0.05) is 23.8 Å². The molecule has 0 bridgehead atoms. The third-order valence-electron chi connectivity index (χ3n) is 4.23. The third-order valence-corrected chi connectivity index (χ3v) is 4.50. The largest absolute Gasteiger partial charge is 0.353 e. The lowest BCUT2D eigenvalue weighted by Crippen LogP contribution is -2.43. The van der Waals surface area contributed by atoms with Crippen LogP contribution in [0.15, 0.2) is 6.07 Å². The van der Waals surface area contributed by atoms with Crippen LogP contribution in [0.2, 0.25) is 0 Å². The van der Waals surface area contributed by atoms with Crippen LogP contribution in [0.3, 0.4) is 0 Å². The molecule has 0 N–H and O–H groups in total. The van der Waals surface area contributed by atoms with E-state index in [9.17, 15) is 0 Å². The number of piperidine rings is 1. The van der Waals surface area contributed by atoms with E-state index >= 15 is 0 Å². The highest BCUT2D eigenvalue weighted by Crippen LogP contribution is 2.31. The second kappa shape index (κ2) is 5.48. The van der Waals surface area contributed by atoms with Crippen LogP contribution >= 0.6 is 11.6 Å². The molecule has 1 saturated heterocycles. The summed E-state index contributed by atoms with van der Waals surface area (Å²) >= 11 is 6.13. The number of pyridine rings is 1. The van der Waals surface area contributed by atoms with Crippen molar-refractivity contribution in [3.8, 4) is 0 Å². The Hall–Kier alpha value is -0.760. The maximum Gasteiger partial charge on any atom is 0.133 e. The zero-order chi connectivity index (χ0) is 13.3. The Bertz CT molecular complexity index is 431. The number of hydrogen-bond acceptors (Lipinski definition) is 2. The highest BCUT2D eigenvalue weighted by Gasteiger charge is 2.27. The second-order valence-electron chi connectivity index (χ2n) is 5.57. The van der Waals surface area contributed by atoms with E-state index in [1.807, 2.05) is 0 Å². The molecule has 2 heterocycles. The van der Waals surface area contributed by atoms with Crippen molar-refractivity contribution in [2.75, 3.05) is 11.4 Å². The molecular formula is C15H23ClN2. The van der Waals surface area contributed by atoms with Crippen molar-refractivity contribution in [2.24, 2.45) is 5.92 Å². The molecule has 1 aromatic heterocycles. The Kier molecular flexibility index (Phi) is 4.16. The molecule has 1 fully saturated rings. The third kappa shape index (κ3) is 2.49. The van der Waals surface area contributed by atoms with Gasteiger partial charge >= 0.3 is 0 Å². The van der Waals surface area contributed by atoms with Gasteiger partial charge in [-0.25, -0.2) is 4.98 Å². The Balaban J connectivity index is 2.43. The Morgan fingerprint density at radius 3 is 2.78 bits per heavy atom. The number of halogens is 1. The van der Waals surface area contributed by atoms with Gasteiger partial charge in [0.15, 0.2) is 0 Å². The van der Waals surface area contributed by atoms with E-state index in [-0.39, 0.29) is 0 Å². The molecule has 2 nitrogen and oxygen atoms in total. The summed E-state index contributed by atoms with van der Waals surface area (Å²) in [6.45, 7) is 9.94. The van der Waals surface area contributed by atoms with Crippen molar-refractivity contribution in [3.63, 3.8) is 0 Å².